The SMILES string of the molecule is CCOC(=O)C1=C(C)NC(=O)NC1c1c[nH]c2ccccc12. The fraction of sp³-hybridized carbons (Fsp3) is 0.250. The van der Waals surface area contributed by atoms with Crippen LogP contribution >= 0.6 is 0 Å². The van der Waals surface area contributed by atoms with E-state index in [0.29, 0.717) is 11.3 Å². The minimum Gasteiger partial charge on any atom is -0.463 e. The number of para-hydroxylation sites is 1. The topological polar surface area (TPSA) is 83.2 Å². The third-order valence-electron chi connectivity index (χ3n) is 3.70. The summed E-state index contributed by atoms with van der Waals surface area (Å²) in [5, 5.41) is 6.39. The number of rotatable bonds is 3. The largest absolute Gasteiger partial charge is 0.463 e. The number of hydrogen-bond acceptors (Lipinski definition) is 3. The third-order valence-corrected chi connectivity index (χ3v) is 3.70. The van der Waals surface area contributed by atoms with Crippen LogP contribution in [-0.2, 0) is 9.53 Å². The molecule has 1 unspecified atom stereocenters. The first-order valence-corrected chi connectivity index (χ1v) is 7.13. The van der Waals surface area contributed by atoms with Gasteiger partial charge < -0.3 is 20.4 Å². The summed E-state index contributed by atoms with van der Waals surface area (Å²) < 4.78 is 5.13. The van der Waals surface area contributed by atoms with Gasteiger partial charge in [-0.25, -0.2) is 9.59 Å². The fourth-order valence-electron chi connectivity index (χ4n) is 2.74. The van der Waals surface area contributed by atoms with Crippen molar-refractivity contribution in [2.45, 2.75) is 19.9 Å². The Morgan fingerprint density at radius 2 is 2.09 bits per heavy atom. The summed E-state index contributed by atoms with van der Waals surface area (Å²) in [7, 11) is 0. The number of allylic oxidation sites excluding steroid dienone is 1. The van der Waals surface area contributed by atoms with Gasteiger partial charge in [0.25, 0.3) is 0 Å². The van der Waals surface area contributed by atoms with Gasteiger partial charge in [0, 0.05) is 28.4 Å². The molecule has 1 aromatic carbocycles. The van der Waals surface area contributed by atoms with Crippen LogP contribution in [0.3, 0.4) is 0 Å². The van der Waals surface area contributed by atoms with Crippen LogP contribution < -0.4 is 10.6 Å². The molecule has 3 rings (SSSR count). The van der Waals surface area contributed by atoms with E-state index in [0.717, 1.165) is 16.5 Å². The molecule has 1 aliphatic heterocycles. The quantitative estimate of drug-likeness (QED) is 0.761. The highest BCUT2D eigenvalue weighted by Crippen LogP contribution is 2.32. The maximum atomic E-state index is 12.3. The molecule has 0 saturated carbocycles. The Morgan fingerprint density at radius 1 is 1.32 bits per heavy atom. The highest BCUT2D eigenvalue weighted by Gasteiger charge is 2.33. The number of carbonyl (C=O) groups excluding carboxylic acids is 2. The number of hydrogen-bond donors (Lipinski definition) is 3. The Morgan fingerprint density at radius 3 is 2.86 bits per heavy atom. The van der Waals surface area contributed by atoms with E-state index >= 15 is 0 Å². The Bertz CT molecular complexity index is 776. The molecule has 114 valence electrons. The first kappa shape index (κ1) is 14.2. The van der Waals surface area contributed by atoms with Crippen LogP contribution in [-0.4, -0.2) is 23.6 Å². The van der Waals surface area contributed by atoms with Gasteiger partial charge in [-0.2, -0.15) is 0 Å². The van der Waals surface area contributed by atoms with Crippen molar-refractivity contribution < 1.29 is 14.3 Å². The molecule has 6 heteroatoms. The fourth-order valence-corrected chi connectivity index (χ4v) is 2.74. The summed E-state index contributed by atoms with van der Waals surface area (Å²) in [5.41, 5.74) is 2.72. The van der Waals surface area contributed by atoms with Crippen molar-refractivity contribution >= 4 is 22.9 Å². The van der Waals surface area contributed by atoms with Crippen LogP contribution in [0, 0.1) is 0 Å². The average Bonchev–Trinajstić information content (AvgIpc) is 2.90. The molecule has 6 nitrogen and oxygen atoms in total. The second kappa shape index (κ2) is 5.55. The molecule has 3 N–H and O–H groups in total. The van der Waals surface area contributed by atoms with E-state index < -0.39 is 12.0 Å². The van der Waals surface area contributed by atoms with E-state index in [-0.39, 0.29) is 12.6 Å². The first-order valence-electron chi connectivity index (χ1n) is 7.13. The molecular weight excluding hydrogens is 282 g/mol. The van der Waals surface area contributed by atoms with Crippen LogP contribution in [0.4, 0.5) is 4.79 Å². The standard InChI is InChI=1S/C16H17N3O3/c1-3-22-15(20)13-9(2)18-16(21)19-14(13)11-8-17-12-7-5-4-6-10(11)12/h4-8,14,17H,3H2,1-2H3,(H2,18,19,21). The first-order chi connectivity index (χ1) is 10.6. The monoisotopic (exact) mass is 299 g/mol. The van der Waals surface area contributed by atoms with Crippen molar-refractivity contribution in [2.24, 2.45) is 0 Å². The average molecular weight is 299 g/mol. The minimum atomic E-state index is -0.538. The molecule has 1 aromatic heterocycles. The number of benzene rings is 1. The van der Waals surface area contributed by atoms with Crippen molar-refractivity contribution in [1.82, 2.24) is 15.6 Å². The predicted molar refractivity (Wildman–Crippen MR) is 82.0 cm³/mol. The predicted octanol–water partition coefficient (Wildman–Crippen LogP) is 2.36. The van der Waals surface area contributed by atoms with E-state index in [4.69, 9.17) is 4.74 Å². The van der Waals surface area contributed by atoms with Gasteiger partial charge in [0.15, 0.2) is 0 Å². The summed E-state index contributed by atoms with van der Waals surface area (Å²) >= 11 is 0. The molecule has 2 aromatic rings. The number of ether oxygens (including phenoxy) is 1. The van der Waals surface area contributed by atoms with Crippen molar-refractivity contribution in [1.29, 1.82) is 0 Å². The van der Waals surface area contributed by atoms with Crippen molar-refractivity contribution in [2.75, 3.05) is 6.61 Å². The van der Waals surface area contributed by atoms with Crippen LogP contribution in [0.15, 0.2) is 41.7 Å². The molecule has 1 atom stereocenters. The molecule has 22 heavy (non-hydrogen) atoms. The maximum Gasteiger partial charge on any atom is 0.338 e. The van der Waals surface area contributed by atoms with Gasteiger partial charge in [-0.15, -0.1) is 0 Å². The highest BCUT2D eigenvalue weighted by molar-refractivity contribution is 5.97. The summed E-state index contributed by atoms with van der Waals surface area (Å²) in [6, 6.07) is 6.88. The van der Waals surface area contributed by atoms with E-state index in [1.54, 1.807) is 13.8 Å². The molecule has 2 heterocycles. The van der Waals surface area contributed by atoms with Gasteiger partial charge in [-0.1, -0.05) is 18.2 Å². The molecule has 1 aliphatic rings. The second-order valence-corrected chi connectivity index (χ2v) is 5.08. The summed E-state index contributed by atoms with van der Waals surface area (Å²) in [6.45, 7) is 3.74. The lowest BCUT2D eigenvalue weighted by atomic mass is 9.95. The Kier molecular flexibility index (Phi) is 3.58. The van der Waals surface area contributed by atoms with E-state index in [1.165, 1.54) is 0 Å². The zero-order chi connectivity index (χ0) is 15.7. The number of fused-ring (bicyclic) bond motifs is 1. The number of nitrogens with one attached hydrogen (secondary N) is 3. The molecule has 0 bridgehead atoms. The number of aromatic amines is 1. The van der Waals surface area contributed by atoms with Gasteiger partial charge in [0.05, 0.1) is 18.2 Å². The summed E-state index contributed by atoms with van der Waals surface area (Å²) in [6.07, 6.45) is 1.81. The van der Waals surface area contributed by atoms with Crippen LogP contribution in [0.25, 0.3) is 10.9 Å². The zero-order valence-electron chi connectivity index (χ0n) is 12.4. The lowest BCUT2D eigenvalue weighted by molar-refractivity contribution is -0.139. The molecule has 0 saturated heterocycles. The van der Waals surface area contributed by atoms with Crippen molar-refractivity contribution in [3.8, 4) is 0 Å². The zero-order valence-corrected chi connectivity index (χ0v) is 12.4. The Balaban J connectivity index is 2.11. The molecular formula is C16H17N3O3. The van der Waals surface area contributed by atoms with Gasteiger partial charge >= 0.3 is 12.0 Å². The smallest absolute Gasteiger partial charge is 0.338 e. The lowest BCUT2D eigenvalue weighted by Gasteiger charge is -2.27. The number of esters is 1. The normalized spacial score (nSPS) is 18.1. The van der Waals surface area contributed by atoms with Crippen LogP contribution in [0.2, 0.25) is 0 Å². The van der Waals surface area contributed by atoms with E-state index in [1.807, 2.05) is 30.5 Å². The Labute approximate surface area is 127 Å². The van der Waals surface area contributed by atoms with Crippen LogP contribution in [0.5, 0.6) is 0 Å². The number of carbonyl (C=O) groups is 2. The highest BCUT2D eigenvalue weighted by atomic mass is 16.5. The molecule has 0 aliphatic carbocycles. The van der Waals surface area contributed by atoms with Gasteiger partial charge in [-0.05, 0) is 19.9 Å². The number of aromatic nitrogens is 1. The summed E-state index contributed by atoms with van der Waals surface area (Å²) in [5.74, 6) is -0.428. The minimum absolute atomic E-state index is 0.282. The molecule has 2 amide bonds. The summed E-state index contributed by atoms with van der Waals surface area (Å²) in [4.78, 5) is 27.3. The van der Waals surface area contributed by atoms with E-state index in [9.17, 15) is 9.59 Å². The molecule has 0 fully saturated rings. The van der Waals surface area contributed by atoms with Crippen molar-refractivity contribution in [3.05, 3.63) is 47.3 Å². The molecule has 0 spiro atoms. The lowest BCUT2D eigenvalue weighted by Crippen LogP contribution is -2.45. The van der Waals surface area contributed by atoms with E-state index in [2.05, 4.69) is 15.6 Å². The maximum absolute atomic E-state index is 12.3. The van der Waals surface area contributed by atoms with Crippen LogP contribution in [0.1, 0.15) is 25.5 Å². The number of H-pyrrole nitrogens is 1. The molecule has 0 radical (unpaired) electrons. The second-order valence-electron chi connectivity index (χ2n) is 5.08. The number of urea groups is 1. The van der Waals surface area contributed by atoms with Gasteiger partial charge in [0.1, 0.15) is 0 Å². The van der Waals surface area contributed by atoms with Gasteiger partial charge in [-0.3, -0.25) is 0 Å². The van der Waals surface area contributed by atoms with Gasteiger partial charge in [0.2, 0.25) is 0 Å². The number of amides is 2. The van der Waals surface area contributed by atoms with Crippen molar-refractivity contribution in [3.63, 3.8) is 0 Å². The Hall–Kier alpha value is -2.76. The third kappa shape index (κ3) is 2.32.